The van der Waals surface area contributed by atoms with Crippen LogP contribution in [0.1, 0.15) is 34.0 Å². The van der Waals surface area contributed by atoms with Crippen molar-refractivity contribution in [1.82, 2.24) is 5.32 Å². The Labute approximate surface area is 160 Å². The van der Waals surface area contributed by atoms with Crippen molar-refractivity contribution in [2.24, 2.45) is 0 Å². The Balaban J connectivity index is 1.62. The zero-order valence-electron chi connectivity index (χ0n) is 15.1. The number of halogens is 3. The van der Waals surface area contributed by atoms with E-state index in [1.165, 1.54) is 19.1 Å². The second-order valence-electron chi connectivity index (χ2n) is 6.33. The van der Waals surface area contributed by atoms with Gasteiger partial charge >= 0.3 is 6.18 Å². The minimum Gasteiger partial charge on any atom is -0.341 e. The summed E-state index contributed by atoms with van der Waals surface area (Å²) in [6.07, 6.45) is -3.73. The first-order valence-electron chi connectivity index (χ1n) is 8.61. The SMILES string of the molecule is CC(=O)N1CCc2cc(C(=O)NCC#Cc3cccc(C(F)(F)F)c3)ccc21. The molecule has 0 unspecified atom stereocenters. The molecule has 0 aliphatic carbocycles. The van der Waals surface area contributed by atoms with Gasteiger partial charge in [-0.3, -0.25) is 9.59 Å². The monoisotopic (exact) mass is 386 g/mol. The van der Waals surface area contributed by atoms with Crippen molar-refractivity contribution in [3.63, 3.8) is 0 Å². The summed E-state index contributed by atoms with van der Waals surface area (Å²) in [5, 5.41) is 2.62. The fourth-order valence-electron chi connectivity index (χ4n) is 3.02. The minimum absolute atomic E-state index is 0.00569. The van der Waals surface area contributed by atoms with E-state index in [-0.39, 0.29) is 23.9 Å². The van der Waals surface area contributed by atoms with Crippen LogP contribution in [0.4, 0.5) is 18.9 Å². The van der Waals surface area contributed by atoms with E-state index < -0.39 is 11.7 Å². The van der Waals surface area contributed by atoms with E-state index in [4.69, 9.17) is 0 Å². The first-order chi connectivity index (χ1) is 13.3. The third-order valence-corrected chi connectivity index (χ3v) is 4.38. The molecular formula is C21H17F3N2O2. The molecule has 1 heterocycles. The van der Waals surface area contributed by atoms with Gasteiger partial charge in [0.2, 0.25) is 5.91 Å². The Morgan fingerprint density at radius 3 is 2.68 bits per heavy atom. The molecule has 1 aliphatic rings. The van der Waals surface area contributed by atoms with E-state index in [1.54, 1.807) is 23.1 Å². The number of nitrogens with one attached hydrogen (secondary N) is 1. The molecule has 7 heteroatoms. The van der Waals surface area contributed by atoms with Gasteiger partial charge in [-0.2, -0.15) is 13.2 Å². The zero-order valence-corrected chi connectivity index (χ0v) is 15.1. The van der Waals surface area contributed by atoms with Crippen LogP contribution in [0.15, 0.2) is 42.5 Å². The number of nitrogens with zero attached hydrogens (tertiary/aromatic N) is 1. The molecule has 28 heavy (non-hydrogen) atoms. The largest absolute Gasteiger partial charge is 0.416 e. The van der Waals surface area contributed by atoms with Crippen LogP contribution in [0.3, 0.4) is 0 Å². The summed E-state index contributed by atoms with van der Waals surface area (Å²) in [5.74, 6) is 4.90. The number of amides is 2. The number of fused-ring (bicyclic) bond motifs is 1. The van der Waals surface area contributed by atoms with Crippen LogP contribution in [0.2, 0.25) is 0 Å². The Kier molecular flexibility index (Phi) is 5.41. The van der Waals surface area contributed by atoms with Crippen molar-refractivity contribution >= 4 is 17.5 Å². The van der Waals surface area contributed by atoms with Gasteiger partial charge < -0.3 is 10.2 Å². The number of carbonyl (C=O) groups excluding carboxylic acids is 2. The van der Waals surface area contributed by atoms with Gasteiger partial charge in [0.25, 0.3) is 5.91 Å². The summed E-state index contributed by atoms with van der Waals surface area (Å²) in [5.41, 5.74) is 1.66. The Morgan fingerprint density at radius 1 is 1.18 bits per heavy atom. The third-order valence-electron chi connectivity index (χ3n) is 4.38. The topological polar surface area (TPSA) is 49.4 Å². The molecule has 0 saturated heterocycles. The van der Waals surface area contributed by atoms with Gasteiger partial charge in [-0.1, -0.05) is 17.9 Å². The first kappa shape index (κ1) is 19.5. The van der Waals surface area contributed by atoms with Crippen LogP contribution < -0.4 is 10.2 Å². The van der Waals surface area contributed by atoms with Crippen molar-refractivity contribution in [3.8, 4) is 11.8 Å². The van der Waals surface area contributed by atoms with Gasteiger partial charge in [-0.05, 0) is 48.4 Å². The third kappa shape index (κ3) is 4.34. The van der Waals surface area contributed by atoms with E-state index in [0.29, 0.717) is 18.5 Å². The average molecular weight is 386 g/mol. The number of benzene rings is 2. The maximum atomic E-state index is 12.7. The zero-order chi connectivity index (χ0) is 20.3. The van der Waals surface area contributed by atoms with Crippen molar-refractivity contribution in [1.29, 1.82) is 0 Å². The van der Waals surface area contributed by atoms with Crippen molar-refractivity contribution in [3.05, 3.63) is 64.7 Å². The molecule has 3 rings (SSSR count). The molecule has 2 aromatic rings. The smallest absolute Gasteiger partial charge is 0.341 e. The molecule has 4 nitrogen and oxygen atoms in total. The van der Waals surface area contributed by atoms with E-state index in [9.17, 15) is 22.8 Å². The van der Waals surface area contributed by atoms with Crippen LogP contribution in [-0.2, 0) is 17.4 Å². The number of hydrogen-bond donors (Lipinski definition) is 1. The lowest BCUT2D eigenvalue weighted by Crippen LogP contribution is -2.26. The normalized spacial score (nSPS) is 12.8. The Morgan fingerprint density at radius 2 is 1.96 bits per heavy atom. The lowest BCUT2D eigenvalue weighted by atomic mass is 10.1. The van der Waals surface area contributed by atoms with Crippen molar-refractivity contribution in [2.45, 2.75) is 19.5 Å². The van der Waals surface area contributed by atoms with E-state index >= 15 is 0 Å². The molecule has 0 bridgehead atoms. The molecule has 0 fully saturated rings. The number of carbonyl (C=O) groups is 2. The number of anilines is 1. The second kappa shape index (κ2) is 7.77. The van der Waals surface area contributed by atoms with Crippen LogP contribution in [-0.4, -0.2) is 24.9 Å². The summed E-state index contributed by atoms with van der Waals surface area (Å²) in [6.45, 7) is 2.10. The molecule has 1 aliphatic heterocycles. The Bertz CT molecular complexity index is 987. The maximum Gasteiger partial charge on any atom is 0.416 e. The van der Waals surface area contributed by atoms with Gasteiger partial charge in [0, 0.05) is 30.3 Å². The number of rotatable bonds is 2. The van der Waals surface area contributed by atoms with Crippen molar-refractivity contribution < 1.29 is 22.8 Å². The summed E-state index contributed by atoms with van der Waals surface area (Å²) < 4.78 is 38.1. The second-order valence-corrected chi connectivity index (χ2v) is 6.33. The van der Waals surface area contributed by atoms with Crippen molar-refractivity contribution in [2.75, 3.05) is 18.0 Å². The lowest BCUT2D eigenvalue weighted by molar-refractivity contribution is -0.137. The van der Waals surface area contributed by atoms with Gasteiger partial charge in [0.1, 0.15) is 0 Å². The quantitative estimate of drug-likeness (QED) is 0.805. The standard InChI is InChI=1S/C21H17F3N2O2/c1-14(27)26-11-9-16-13-17(7-8-19(16)26)20(28)25-10-3-5-15-4-2-6-18(12-15)21(22,23)24/h2,4,6-8,12-13H,9-11H2,1H3,(H,25,28). The lowest BCUT2D eigenvalue weighted by Gasteiger charge is -2.14. The molecule has 0 atom stereocenters. The summed E-state index contributed by atoms with van der Waals surface area (Å²) in [7, 11) is 0. The van der Waals surface area contributed by atoms with Gasteiger partial charge in [-0.15, -0.1) is 0 Å². The highest BCUT2D eigenvalue weighted by Gasteiger charge is 2.30. The van der Waals surface area contributed by atoms with E-state index in [1.807, 2.05) is 0 Å². The molecule has 1 N–H and O–H groups in total. The molecule has 0 saturated carbocycles. The predicted octanol–water partition coefficient (Wildman–Crippen LogP) is 3.40. The predicted molar refractivity (Wildman–Crippen MR) is 98.8 cm³/mol. The highest BCUT2D eigenvalue weighted by molar-refractivity contribution is 5.97. The number of alkyl halides is 3. The summed E-state index contributed by atoms with van der Waals surface area (Å²) in [6, 6.07) is 9.84. The average Bonchev–Trinajstić information content (AvgIpc) is 3.08. The number of hydrogen-bond acceptors (Lipinski definition) is 2. The fourth-order valence-corrected chi connectivity index (χ4v) is 3.02. The van der Waals surface area contributed by atoms with Crippen LogP contribution in [0.25, 0.3) is 0 Å². The molecule has 0 spiro atoms. The van der Waals surface area contributed by atoms with E-state index in [2.05, 4.69) is 17.2 Å². The Hall–Kier alpha value is -3.27. The highest BCUT2D eigenvalue weighted by atomic mass is 19.4. The van der Waals surface area contributed by atoms with Gasteiger partial charge in [0.05, 0.1) is 12.1 Å². The molecule has 0 aromatic heterocycles. The molecular weight excluding hydrogens is 369 g/mol. The van der Waals surface area contributed by atoms with Crippen LogP contribution in [0.5, 0.6) is 0 Å². The van der Waals surface area contributed by atoms with E-state index in [0.717, 1.165) is 23.4 Å². The maximum absolute atomic E-state index is 12.7. The van der Waals surface area contributed by atoms with Crippen LogP contribution in [0, 0.1) is 11.8 Å². The summed E-state index contributed by atoms with van der Waals surface area (Å²) >= 11 is 0. The van der Waals surface area contributed by atoms with Gasteiger partial charge in [0.15, 0.2) is 0 Å². The molecule has 2 amide bonds. The fraction of sp³-hybridized carbons (Fsp3) is 0.238. The first-order valence-corrected chi connectivity index (χ1v) is 8.61. The molecule has 144 valence electrons. The molecule has 0 radical (unpaired) electrons. The minimum atomic E-state index is -4.42. The molecule has 2 aromatic carbocycles. The summed E-state index contributed by atoms with van der Waals surface area (Å²) in [4.78, 5) is 25.5. The highest BCUT2D eigenvalue weighted by Crippen LogP contribution is 2.30. The van der Waals surface area contributed by atoms with Crippen LogP contribution >= 0.6 is 0 Å². The van der Waals surface area contributed by atoms with Gasteiger partial charge in [-0.25, -0.2) is 0 Å².